The molecule has 0 amide bonds. The molecule has 0 aromatic heterocycles. The molecule has 0 saturated carbocycles. The molecule has 0 saturated heterocycles. The Bertz CT molecular complexity index is 407. The molecule has 0 bridgehead atoms. The average Bonchev–Trinajstić information content (AvgIpc) is 2.30. The Morgan fingerprint density at radius 1 is 1.50 bits per heavy atom. The highest BCUT2D eigenvalue weighted by molar-refractivity contribution is 5.76. The number of carbonyl (C=O) groups excluding carboxylic acids is 1. The normalized spacial score (nSPS) is 12.3. The van der Waals surface area contributed by atoms with Crippen molar-refractivity contribution in [3.63, 3.8) is 0 Å². The predicted octanol–water partition coefficient (Wildman–Crippen LogP) is 1.64. The number of hydrogen-bond donors (Lipinski definition) is 1. The number of methoxy groups -OCH3 is 1. The first kappa shape index (κ1) is 12.5. The summed E-state index contributed by atoms with van der Waals surface area (Å²) in [5.41, 5.74) is -0.809. The summed E-state index contributed by atoms with van der Waals surface area (Å²) in [6.45, 7) is -1.03. The molecule has 0 spiro atoms. The van der Waals surface area contributed by atoms with Crippen LogP contribution in [0.3, 0.4) is 0 Å². The van der Waals surface area contributed by atoms with Gasteiger partial charge in [-0.1, -0.05) is 0 Å². The fraction of sp³-hybridized carbons (Fsp3) is 0.300. The number of aliphatic hydroxyl groups is 1. The fourth-order valence-corrected chi connectivity index (χ4v) is 1.18. The van der Waals surface area contributed by atoms with E-state index < -0.39 is 35.9 Å². The molecule has 1 rings (SSSR count). The topological polar surface area (TPSA) is 46.5 Å². The minimum absolute atomic E-state index is 0.170. The second-order valence-corrected chi connectivity index (χ2v) is 3.04. The molecule has 3 nitrogen and oxygen atoms in total. The zero-order chi connectivity index (χ0) is 12.3. The minimum Gasteiger partial charge on any atom is -0.467 e. The first-order valence-electron chi connectivity index (χ1n) is 4.31. The molecule has 0 fully saturated rings. The molecule has 0 aliphatic carbocycles. The summed E-state index contributed by atoms with van der Waals surface area (Å²) in [5, 5.41) is 9.31. The monoisotopic (exact) mass is 234 g/mol. The van der Waals surface area contributed by atoms with Crippen molar-refractivity contribution in [1.82, 2.24) is 0 Å². The molecule has 1 unspecified atom stereocenters. The second-order valence-electron chi connectivity index (χ2n) is 3.04. The zero-order valence-electron chi connectivity index (χ0n) is 8.34. The maximum atomic E-state index is 13.2. The van der Waals surface area contributed by atoms with Crippen LogP contribution < -0.4 is 0 Å². The van der Waals surface area contributed by atoms with Crippen molar-refractivity contribution in [2.75, 3.05) is 7.11 Å². The van der Waals surface area contributed by atoms with Crippen LogP contribution in [0.15, 0.2) is 12.1 Å². The summed E-state index contributed by atoms with van der Waals surface area (Å²) in [4.78, 5) is 10.9. The van der Waals surface area contributed by atoms with Crippen LogP contribution in [0.2, 0.25) is 0 Å². The lowest BCUT2D eigenvalue weighted by Gasteiger charge is -2.11. The Morgan fingerprint density at radius 2 is 2.12 bits per heavy atom. The van der Waals surface area contributed by atoms with Crippen LogP contribution in [-0.2, 0) is 16.2 Å². The molecule has 6 heteroatoms. The lowest BCUT2D eigenvalue weighted by atomic mass is 10.1. The lowest BCUT2D eigenvalue weighted by Crippen LogP contribution is -2.16. The molecule has 0 aliphatic rings. The maximum Gasteiger partial charge on any atom is 0.339 e. The van der Waals surface area contributed by atoms with E-state index in [9.17, 15) is 23.1 Å². The first-order valence-corrected chi connectivity index (χ1v) is 4.31. The number of alkyl halides is 1. The van der Waals surface area contributed by atoms with Gasteiger partial charge in [-0.05, 0) is 17.7 Å². The van der Waals surface area contributed by atoms with E-state index in [1.807, 2.05) is 0 Å². The van der Waals surface area contributed by atoms with E-state index in [0.29, 0.717) is 6.07 Å². The molecule has 0 aliphatic heterocycles. The number of esters is 1. The minimum atomic E-state index is -1.97. The number of aliphatic hydroxyl groups excluding tert-OH is 1. The van der Waals surface area contributed by atoms with Crippen LogP contribution in [0.5, 0.6) is 0 Å². The number of benzene rings is 1. The molecular weight excluding hydrogens is 225 g/mol. The average molecular weight is 234 g/mol. The number of carbonyl (C=O) groups is 1. The Labute approximate surface area is 89.5 Å². The van der Waals surface area contributed by atoms with Gasteiger partial charge in [0, 0.05) is 5.56 Å². The maximum absolute atomic E-state index is 13.2. The van der Waals surface area contributed by atoms with Crippen LogP contribution in [0, 0.1) is 11.6 Å². The number of ether oxygens (including phenoxy) is 1. The highest BCUT2D eigenvalue weighted by atomic mass is 19.2. The van der Waals surface area contributed by atoms with Gasteiger partial charge in [0.25, 0.3) is 0 Å². The molecule has 1 atom stereocenters. The Morgan fingerprint density at radius 3 is 2.62 bits per heavy atom. The van der Waals surface area contributed by atoms with Crippen molar-refractivity contribution in [1.29, 1.82) is 0 Å². The third kappa shape index (κ3) is 2.33. The number of rotatable bonds is 3. The molecular formula is C10H9F3O3. The smallest absolute Gasteiger partial charge is 0.339 e. The highest BCUT2D eigenvalue weighted by Crippen LogP contribution is 2.23. The van der Waals surface area contributed by atoms with Gasteiger partial charge in [0.15, 0.2) is 17.7 Å². The van der Waals surface area contributed by atoms with E-state index in [4.69, 9.17) is 0 Å². The van der Waals surface area contributed by atoms with Crippen molar-refractivity contribution in [3.8, 4) is 0 Å². The van der Waals surface area contributed by atoms with Gasteiger partial charge in [0.2, 0.25) is 0 Å². The Hall–Kier alpha value is -1.56. The summed E-state index contributed by atoms with van der Waals surface area (Å²) >= 11 is 0. The van der Waals surface area contributed by atoms with E-state index in [1.165, 1.54) is 0 Å². The summed E-state index contributed by atoms with van der Waals surface area (Å²) in [5.74, 6) is -3.86. The third-order valence-corrected chi connectivity index (χ3v) is 1.99. The zero-order valence-corrected chi connectivity index (χ0v) is 8.34. The van der Waals surface area contributed by atoms with E-state index in [1.54, 1.807) is 0 Å². The molecule has 1 aromatic rings. The van der Waals surface area contributed by atoms with Gasteiger partial charge in [0.1, 0.15) is 6.67 Å². The summed E-state index contributed by atoms with van der Waals surface area (Å²) in [6.07, 6.45) is -1.97. The van der Waals surface area contributed by atoms with Gasteiger partial charge in [-0.15, -0.1) is 0 Å². The highest BCUT2D eigenvalue weighted by Gasteiger charge is 2.24. The Balaban J connectivity index is 3.21. The number of halogens is 3. The van der Waals surface area contributed by atoms with E-state index in [-0.39, 0.29) is 5.56 Å². The van der Waals surface area contributed by atoms with Crippen LogP contribution in [0.4, 0.5) is 13.2 Å². The van der Waals surface area contributed by atoms with Crippen LogP contribution >= 0.6 is 0 Å². The predicted molar refractivity (Wildman–Crippen MR) is 48.1 cm³/mol. The van der Waals surface area contributed by atoms with Gasteiger partial charge >= 0.3 is 5.97 Å². The van der Waals surface area contributed by atoms with Gasteiger partial charge in [-0.2, -0.15) is 0 Å². The largest absolute Gasteiger partial charge is 0.467 e. The molecule has 88 valence electrons. The van der Waals surface area contributed by atoms with Gasteiger partial charge in [0.05, 0.1) is 7.11 Å². The van der Waals surface area contributed by atoms with E-state index in [2.05, 4.69) is 4.74 Å². The first-order chi connectivity index (χ1) is 7.51. The molecule has 0 radical (unpaired) electrons. The lowest BCUT2D eigenvalue weighted by molar-refractivity contribution is -0.150. The Kier molecular flexibility index (Phi) is 3.89. The van der Waals surface area contributed by atoms with Crippen LogP contribution in [0.1, 0.15) is 17.2 Å². The molecule has 16 heavy (non-hydrogen) atoms. The fourth-order valence-electron chi connectivity index (χ4n) is 1.18. The molecule has 1 N–H and O–H groups in total. The summed E-state index contributed by atoms with van der Waals surface area (Å²) < 4.78 is 42.6. The third-order valence-electron chi connectivity index (χ3n) is 1.99. The summed E-state index contributed by atoms with van der Waals surface area (Å²) in [7, 11) is 0.985. The SMILES string of the molecule is COC(=O)C(O)c1cc(CF)cc(F)c1F. The molecule has 0 heterocycles. The van der Waals surface area contributed by atoms with Crippen LogP contribution in [0.25, 0.3) is 0 Å². The van der Waals surface area contributed by atoms with Crippen LogP contribution in [-0.4, -0.2) is 18.2 Å². The van der Waals surface area contributed by atoms with Crippen molar-refractivity contribution < 1.29 is 27.8 Å². The van der Waals surface area contributed by atoms with Crippen molar-refractivity contribution in [2.45, 2.75) is 12.8 Å². The summed E-state index contributed by atoms with van der Waals surface area (Å²) in [6, 6.07) is 1.53. The van der Waals surface area contributed by atoms with Crippen molar-refractivity contribution in [2.24, 2.45) is 0 Å². The van der Waals surface area contributed by atoms with Crippen molar-refractivity contribution in [3.05, 3.63) is 34.9 Å². The van der Waals surface area contributed by atoms with Gasteiger partial charge in [-0.25, -0.2) is 18.0 Å². The second kappa shape index (κ2) is 4.98. The standard InChI is InChI=1S/C10H9F3O3/c1-16-10(15)9(14)6-2-5(4-11)3-7(12)8(6)13/h2-3,9,14H,4H2,1H3. The van der Waals surface area contributed by atoms with Gasteiger partial charge in [-0.3, -0.25) is 0 Å². The quantitative estimate of drug-likeness (QED) is 0.809. The molecule has 1 aromatic carbocycles. The van der Waals surface area contributed by atoms with E-state index in [0.717, 1.165) is 13.2 Å². The van der Waals surface area contributed by atoms with Crippen molar-refractivity contribution >= 4 is 5.97 Å². The van der Waals surface area contributed by atoms with E-state index >= 15 is 0 Å². The number of hydrogen-bond acceptors (Lipinski definition) is 3. The van der Waals surface area contributed by atoms with Gasteiger partial charge < -0.3 is 9.84 Å².